The van der Waals surface area contributed by atoms with Crippen LogP contribution in [0, 0.1) is 55.4 Å². The minimum atomic E-state index is -0.0465. The van der Waals surface area contributed by atoms with Gasteiger partial charge in [-0.1, -0.05) is 48.5 Å². The fourth-order valence-corrected chi connectivity index (χ4v) is 5.93. The van der Waals surface area contributed by atoms with Gasteiger partial charge >= 0.3 is 0 Å². The quantitative estimate of drug-likeness (QED) is 0.204. The highest BCUT2D eigenvalue weighted by molar-refractivity contribution is 5.52. The van der Waals surface area contributed by atoms with Crippen LogP contribution in [0.4, 0.5) is 0 Å². The molecule has 0 atom stereocenters. The van der Waals surface area contributed by atoms with E-state index in [9.17, 15) is 20.4 Å². The Kier molecular flexibility index (Phi) is 7.70. The van der Waals surface area contributed by atoms with E-state index in [1.54, 1.807) is 0 Å². The average Bonchev–Trinajstić information content (AvgIpc) is 2.87. The van der Waals surface area contributed by atoms with Gasteiger partial charge in [0.1, 0.15) is 23.0 Å². The molecule has 0 unspecified atom stereocenters. The second-order valence-corrected chi connectivity index (χ2v) is 11.4. The number of aromatic hydroxyl groups is 4. The van der Waals surface area contributed by atoms with E-state index in [1.165, 1.54) is 0 Å². The number of phenols is 4. The summed E-state index contributed by atoms with van der Waals surface area (Å²) in [5, 5.41) is 42.2. The molecule has 0 aliphatic heterocycles. The zero-order chi connectivity index (χ0) is 28.8. The van der Waals surface area contributed by atoms with Crippen LogP contribution in [0.5, 0.6) is 23.0 Å². The normalized spacial score (nSPS) is 11.5. The first-order chi connectivity index (χ1) is 18.3. The summed E-state index contributed by atoms with van der Waals surface area (Å²) < 4.78 is 0. The van der Waals surface area contributed by atoms with Gasteiger partial charge in [0.05, 0.1) is 0 Å². The molecular weight excluding hydrogens is 484 g/mol. The smallest absolute Gasteiger partial charge is 0.121 e. The van der Waals surface area contributed by atoms with E-state index < -0.39 is 0 Å². The van der Waals surface area contributed by atoms with Crippen LogP contribution >= 0.6 is 0 Å². The Morgan fingerprint density at radius 3 is 0.667 bits per heavy atom. The van der Waals surface area contributed by atoms with Crippen LogP contribution in [0.15, 0.2) is 48.5 Å². The fraction of sp³-hybridized carbons (Fsp3) is 0.314. The molecule has 0 aromatic heterocycles. The molecule has 4 N–H and O–H groups in total. The van der Waals surface area contributed by atoms with E-state index in [4.69, 9.17) is 0 Å². The standard InChI is InChI=1S/C35H40O4/c1-18-9-26(10-19(2)32(18)36)30(27-11-20(3)33(37)21(4)12-27)17-31(28-13-22(5)34(38)23(6)14-28)29-15-24(7)35(39)25(8)16-29/h9-16,30-31,36-39H,17H2,1-8H3. The second-order valence-electron chi connectivity index (χ2n) is 11.4. The Bertz CT molecular complexity index is 1240. The van der Waals surface area contributed by atoms with E-state index in [2.05, 4.69) is 48.5 Å². The van der Waals surface area contributed by atoms with Crippen molar-refractivity contribution in [1.29, 1.82) is 0 Å². The fourth-order valence-electron chi connectivity index (χ4n) is 5.93. The molecule has 0 spiro atoms. The maximum Gasteiger partial charge on any atom is 0.121 e. The molecule has 39 heavy (non-hydrogen) atoms. The van der Waals surface area contributed by atoms with Crippen LogP contribution in [0.1, 0.15) is 85.0 Å². The number of phenolic OH excluding ortho intramolecular Hbond substituents is 4. The molecule has 204 valence electrons. The summed E-state index contributed by atoms with van der Waals surface area (Å²) in [6, 6.07) is 16.5. The third kappa shape index (κ3) is 5.47. The lowest BCUT2D eigenvalue weighted by Gasteiger charge is -2.28. The van der Waals surface area contributed by atoms with E-state index >= 15 is 0 Å². The molecule has 0 fully saturated rings. The summed E-state index contributed by atoms with van der Waals surface area (Å²) in [6.07, 6.45) is 0.709. The highest BCUT2D eigenvalue weighted by Crippen LogP contribution is 2.44. The van der Waals surface area contributed by atoms with Gasteiger partial charge in [-0.2, -0.15) is 0 Å². The lowest BCUT2D eigenvalue weighted by molar-refractivity contribution is 0.465. The van der Waals surface area contributed by atoms with Crippen molar-refractivity contribution in [3.05, 3.63) is 115 Å². The first-order valence-corrected chi connectivity index (χ1v) is 13.5. The van der Waals surface area contributed by atoms with Crippen molar-refractivity contribution >= 4 is 0 Å². The van der Waals surface area contributed by atoms with E-state index in [1.807, 2.05) is 55.4 Å². The van der Waals surface area contributed by atoms with Crippen LogP contribution in [-0.2, 0) is 0 Å². The van der Waals surface area contributed by atoms with Crippen molar-refractivity contribution < 1.29 is 20.4 Å². The molecule has 0 saturated carbocycles. The predicted octanol–water partition coefficient (Wildman–Crippen LogP) is 8.33. The molecule has 4 rings (SSSR count). The number of benzene rings is 4. The van der Waals surface area contributed by atoms with Crippen molar-refractivity contribution in [1.82, 2.24) is 0 Å². The Hall–Kier alpha value is -3.92. The number of aryl methyl sites for hydroxylation is 8. The molecule has 0 aliphatic rings. The summed E-state index contributed by atoms with van der Waals surface area (Å²) >= 11 is 0. The van der Waals surface area contributed by atoms with Crippen molar-refractivity contribution in [2.24, 2.45) is 0 Å². The van der Waals surface area contributed by atoms with Gasteiger partial charge in [-0.3, -0.25) is 0 Å². The van der Waals surface area contributed by atoms with E-state index in [-0.39, 0.29) is 11.8 Å². The average molecular weight is 525 g/mol. The molecular formula is C35H40O4. The topological polar surface area (TPSA) is 80.9 Å². The molecule has 0 amide bonds. The highest BCUT2D eigenvalue weighted by Gasteiger charge is 2.26. The zero-order valence-corrected chi connectivity index (χ0v) is 24.3. The number of hydrogen-bond acceptors (Lipinski definition) is 4. The monoisotopic (exact) mass is 524 g/mol. The van der Waals surface area contributed by atoms with Crippen molar-refractivity contribution in [2.75, 3.05) is 0 Å². The number of hydrogen-bond donors (Lipinski definition) is 4. The zero-order valence-electron chi connectivity index (χ0n) is 24.3. The summed E-state index contributed by atoms with van der Waals surface area (Å²) in [5.74, 6) is 1.14. The van der Waals surface area contributed by atoms with Crippen LogP contribution in [0.25, 0.3) is 0 Å². The molecule has 4 heteroatoms. The molecule has 0 heterocycles. The molecule has 0 saturated heterocycles. The van der Waals surface area contributed by atoms with Gasteiger partial charge < -0.3 is 20.4 Å². The van der Waals surface area contributed by atoms with Gasteiger partial charge in [-0.15, -0.1) is 0 Å². The van der Waals surface area contributed by atoms with E-state index in [0.29, 0.717) is 29.4 Å². The lowest BCUT2D eigenvalue weighted by atomic mass is 9.76. The van der Waals surface area contributed by atoms with Crippen LogP contribution in [0.2, 0.25) is 0 Å². The predicted molar refractivity (Wildman–Crippen MR) is 159 cm³/mol. The Labute approximate surface area is 232 Å². The third-order valence-corrected chi connectivity index (χ3v) is 8.13. The maximum absolute atomic E-state index is 10.5. The van der Waals surface area contributed by atoms with Crippen molar-refractivity contribution in [3.8, 4) is 23.0 Å². The molecule has 0 aliphatic carbocycles. The summed E-state index contributed by atoms with van der Waals surface area (Å²) in [5.41, 5.74) is 11.0. The summed E-state index contributed by atoms with van der Waals surface area (Å²) in [7, 11) is 0. The van der Waals surface area contributed by atoms with Gasteiger partial charge in [-0.25, -0.2) is 0 Å². The second kappa shape index (κ2) is 10.7. The Balaban J connectivity index is 1.98. The maximum atomic E-state index is 10.5. The van der Waals surface area contributed by atoms with Crippen LogP contribution in [0.3, 0.4) is 0 Å². The van der Waals surface area contributed by atoms with Crippen LogP contribution < -0.4 is 0 Å². The van der Waals surface area contributed by atoms with Gasteiger partial charge in [0.15, 0.2) is 0 Å². The molecule has 0 radical (unpaired) electrons. The third-order valence-electron chi connectivity index (χ3n) is 8.13. The first-order valence-electron chi connectivity index (χ1n) is 13.5. The molecule has 4 nitrogen and oxygen atoms in total. The summed E-state index contributed by atoms with van der Waals surface area (Å²) in [6.45, 7) is 15.4. The van der Waals surface area contributed by atoms with E-state index in [0.717, 1.165) is 66.8 Å². The Morgan fingerprint density at radius 1 is 0.359 bits per heavy atom. The minimum absolute atomic E-state index is 0.0465. The van der Waals surface area contributed by atoms with Crippen molar-refractivity contribution in [2.45, 2.75) is 73.6 Å². The SMILES string of the molecule is Cc1cc(C(CC(c2cc(C)c(O)c(C)c2)c2cc(C)c(O)c(C)c2)c2cc(C)c(O)c(C)c2)cc(C)c1O. The van der Waals surface area contributed by atoms with Gasteiger partial charge in [0, 0.05) is 11.8 Å². The highest BCUT2D eigenvalue weighted by atomic mass is 16.3. The van der Waals surface area contributed by atoms with Crippen molar-refractivity contribution in [3.63, 3.8) is 0 Å². The van der Waals surface area contributed by atoms with Gasteiger partial charge in [0.2, 0.25) is 0 Å². The molecule has 4 aromatic carbocycles. The molecule has 4 aromatic rings. The lowest BCUT2D eigenvalue weighted by Crippen LogP contribution is -2.12. The minimum Gasteiger partial charge on any atom is -0.507 e. The number of rotatable bonds is 6. The van der Waals surface area contributed by atoms with Gasteiger partial charge in [-0.05, 0) is 129 Å². The Morgan fingerprint density at radius 2 is 0.513 bits per heavy atom. The largest absolute Gasteiger partial charge is 0.507 e. The first kappa shape index (κ1) is 28.1. The van der Waals surface area contributed by atoms with Crippen LogP contribution in [-0.4, -0.2) is 20.4 Å². The molecule has 0 bridgehead atoms. The van der Waals surface area contributed by atoms with Gasteiger partial charge in [0.25, 0.3) is 0 Å². The summed E-state index contributed by atoms with van der Waals surface area (Å²) in [4.78, 5) is 0.